The number of benzene rings is 2. The maximum absolute atomic E-state index is 14.1. The summed E-state index contributed by atoms with van der Waals surface area (Å²) < 4.78 is 27.7. The fourth-order valence-electron chi connectivity index (χ4n) is 3.14. The van der Waals surface area contributed by atoms with Crippen LogP contribution >= 0.6 is 11.8 Å². The summed E-state index contributed by atoms with van der Waals surface area (Å²) in [6, 6.07) is 13.0. The predicted octanol–water partition coefficient (Wildman–Crippen LogP) is 4.01. The molecule has 0 spiro atoms. The maximum atomic E-state index is 14.1. The number of amides is 1. The number of piperidine rings is 1. The van der Waals surface area contributed by atoms with E-state index in [0.29, 0.717) is 19.1 Å². The molecule has 1 N–H and O–H groups in total. The van der Waals surface area contributed by atoms with Gasteiger partial charge in [0.25, 0.3) is 0 Å². The lowest BCUT2D eigenvalue weighted by atomic mass is 10.0. The molecule has 1 aliphatic rings. The van der Waals surface area contributed by atoms with Gasteiger partial charge in [0, 0.05) is 24.0 Å². The topological polar surface area (TPSA) is 32.3 Å². The van der Waals surface area contributed by atoms with E-state index in [1.807, 2.05) is 42.3 Å². The lowest BCUT2D eigenvalue weighted by molar-refractivity contribution is -0.131. The van der Waals surface area contributed by atoms with Crippen LogP contribution in [-0.2, 0) is 4.79 Å². The average molecular weight is 376 g/mol. The SMILES string of the molecule is CNC1CCN(C(=O)C(Sc2cc(F)ccc2F)c2ccccc2)CC1. The van der Waals surface area contributed by atoms with Gasteiger partial charge in [-0.25, -0.2) is 8.78 Å². The Balaban J connectivity index is 1.84. The summed E-state index contributed by atoms with van der Waals surface area (Å²) in [6.07, 6.45) is 1.78. The standard InChI is InChI=1S/C20H22F2N2OS/c1-23-16-9-11-24(12-10-16)20(25)19(14-5-3-2-4-6-14)26-18-13-15(21)7-8-17(18)22/h2-8,13,16,19,23H,9-12H2,1H3. The van der Waals surface area contributed by atoms with Crippen molar-refractivity contribution < 1.29 is 13.6 Å². The van der Waals surface area contributed by atoms with E-state index in [-0.39, 0.29) is 10.8 Å². The Morgan fingerprint density at radius 1 is 1.15 bits per heavy atom. The molecule has 2 aromatic carbocycles. The zero-order valence-corrected chi connectivity index (χ0v) is 15.4. The van der Waals surface area contributed by atoms with E-state index in [9.17, 15) is 13.6 Å². The van der Waals surface area contributed by atoms with E-state index in [1.54, 1.807) is 0 Å². The Morgan fingerprint density at radius 3 is 2.50 bits per heavy atom. The molecule has 0 radical (unpaired) electrons. The minimum atomic E-state index is -0.598. The molecule has 1 unspecified atom stereocenters. The zero-order valence-electron chi connectivity index (χ0n) is 14.6. The molecule has 0 aliphatic carbocycles. The van der Waals surface area contributed by atoms with E-state index in [2.05, 4.69) is 5.32 Å². The monoisotopic (exact) mass is 376 g/mol. The smallest absolute Gasteiger partial charge is 0.240 e. The van der Waals surface area contributed by atoms with Crippen LogP contribution < -0.4 is 5.32 Å². The Hall–Kier alpha value is -1.92. The number of carbonyl (C=O) groups is 1. The number of thioether (sulfide) groups is 1. The van der Waals surface area contributed by atoms with Gasteiger partial charge in [-0.05, 0) is 43.7 Å². The molecule has 1 fully saturated rings. The van der Waals surface area contributed by atoms with E-state index < -0.39 is 16.9 Å². The van der Waals surface area contributed by atoms with Crippen LogP contribution in [0.3, 0.4) is 0 Å². The van der Waals surface area contributed by atoms with Crippen LogP contribution in [-0.4, -0.2) is 37.0 Å². The van der Waals surface area contributed by atoms with Crippen LogP contribution in [0.1, 0.15) is 23.7 Å². The Bertz CT molecular complexity index is 749. The first kappa shape index (κ1) is 18.9. The van der Waals surface area contributed by atoms with E-state index in [1.165, 1.54) is 0 Å². The molecule has 2 aromatic rings. The number of nitrogens with one attached hydrogen (secondary N) is 1. The second kappa shape index (κ2) is 8.64. The predicted molar refractivity (Wildman–Crippen MR) is 100 cm³/mol. The third-order valence-corrected chi connectivity index (χ3v) is 5.96. The molecule has 0 saturated carbocycles. The molecule has 1 amide bonds. The molecule has 1 heterocycles. The van der Waals surface area contributed by atoms with Crippen molar-refractivity contribution in [3.05, 3.63) is 65.7 Å². The van der Waals surface area contributed by atoms with E-state index >= 15 is 0 Å². The molecule has 1 saturated heterocycles. The number of nitrogens with zero attached hydrogens (tertiary/aromatic N) is 1. The first-order valence-corrected chi connectivity index (χ1v) is 9.59. The van der Waals surface area contributed by atoms with Gasteiger partial charge in [-0.15, -0.1) is 11.8 Å². The number of carbonyl (C=O) groups excluding carboxylic acids is 1. The normalized spacial score (nSPS) is 16.5. The largest absolute Gasteiger partial charge is 0.341 e. The van der Waals surface area contributed by atoms with Crippen molar-refractivity contribution in [2.75, 3.05) is 20.1 Å². The minimum absolute atomic E-state index is 0.0561. The van der Waals surface area contributed by atoms with Crippen LogP contribution in [0.4, 0.5) is 8.78 Å². The van der Waals surface area contributed by atoms with Crippen LogP contribution in [0.25, 0.3) is 0 Å². The number of likely N-dealkylation sites (tertiary alicyclic amines) is 1. The van der Waals surface area contributed by atoms with Crippen LogP contribution in [0.2, 0.25) is 0 Å². The van der Waals surface area contributed by atoms with Gasteiger partial charge in [0.2, 0.25) is 5.91 Å². The van der Waals surface area contributed by atoms with Gasteiger partial charge < -0.3 is 10.2 Å². The summed E-state index contributed by atoms with van der Waals surface area (Å²) in [5, 5.41) is 2.64. The third-order valence-electron chi connectivity index (χ3n) is 4.68. The van der Waals surface area contributed by atoms with E-state index in [4.69, 9.17) is 0 Å². The number of hydrogen-bond donors (Lipinski definition) is 1. The van der Waals surface area contributed by atoms with Crippen LogP contribution in [0.5, 0.6) is 0 Å². The summed E-state index contributed by atoms with van der Waals surface area (Å²) >= 11 is 1.07. The maximum Gasteiger partial charge on any atom is 0.240 e. The highest BCUT2D eigenvalue weighted by Crippen LogP contribution is 2.38. The Morgan fingerprint density at radius 2 is 1.85 bits per heavy atom. The van der Waals surface area contributed by atoms with Gasteiger partial charge in [-0.1, -0.05) is 30.3 Å². The molecule has 3 nitrogen and oxygen atoms in total. The molecular formula is C20H22F2N2OS. The van der Waals surface area contributed by atoms with Gasteiger partial charge in [0.1, 0.15) is 16.9 Å². The molecule has 3 rings (SSSR count). The van der Waals surface area contributed by atoms with Gasteiger partial charge in [0.05, 0.1) is 0 Å². The van der Waals surface area contributed by atoms with Gasteiger partial charge in [-0.3, -0.25) is 4.79 Å². The highest BCUT2D eigenvalue weighted by Gasteiger charge is 2.30. The fraction of sp³-hybridized carbons (Fsp3) is 0.350. The lowest BCUT2D eigenvalue weighted by Gasteiger charge is -2.34. The molecule has 0 bridgehead atoms. The molecule has 1 atom stereocenters. The van der Waals surface area contributed by atoms with Crippen molar-refractivity contribution in [1.29, 1.82) is 0 Å². The molecule has 138 valence electrons. The summed E-state index contributed by atoms with van der Waals surface area (Å²) in [7, 11) is 1.93. The number of rotatable bonds is 5. The van der Waals surface area contributed by atoms with Crippen molar-refractivity contribution in [2.24, 2.45) is 0 Å². The van der Waals surface area contributed by atoms with Crippen molar-refractivity contribution in [2.45, 2.75) is 29.0 Å². The molecule has 26 heavy (non-hydrogen) atoms. The number of hydrogen-bond acceptors (Lipinski definition) is 3. The van der Waals surface area contributed by atoms with Crippen molar-refractivity contribution >= 4 is 17.7 Å². The molecule has 6 heteroatoms. The molecular weight excluding hydrogens is 354 g/mol. The van der Waals surface area contributed by atoms with Crippen LogP contribution in [0, 0.1) is 11.6 Å². The Kier molecular flexibility index (Phi) is 6.27. The minimum Gasteiger partial charge on any atom is -0.341 e. The highest BCUT2D eigenvalue weighted by molar-refractivity contribution is 8.00. The van der Waals surface area contributed by atoms with Crippen molar-refractivity contribution in [1.82, 2.24) is 10.2 Å². The highest BCUT2D eigenvalue weighted by atomic mass is 32.2. The van der Waals surface area contributed by atoms with Gasteiger partial charge >= 0.3 is 0 Å². The Labute approximate surface area is 156 Å². The lowest BCUT2D eigenvalue weighted by Crippen LogP contribution is -2.45. The first-order chi connectivity index (χ1) is 12.6. The van der Waals surface area contributed by atoms with Gasteiger partial charge in [-0.2, -0.15) is 0 Å². The van der Waals surface area contributed by atoms with Crippen molar-refractivity contribution in [3.8, 4) is 0 Å². The molecule has 1 aliphatic heterocycles. The van der Waals surface area contributed by atoms with Crippen LogP contribution in [0.15, 0.2) is 53.4 Å². The third kappa shape index (κ3) is 4.43. The van der Waals surface area contributed by atoms with Crippen molar-refractivity contribution in [3.63, 3.8) is 0 Å². The molecule has 0 aromatic heterocycles. The average Bonchev–Trinajstić information content (AvgIpc) is 2.69. The van der Waals surface area contributed by atoms with Gasteiger partial charge in [0.15, 0.2) is 0 Å². The quantitative estimate of drug-likeness (QED) is 0.801. The summed E-state index contributed by atoms with van der Waals surface area (Å²) in [5.74, 6) is -1.08. The summed E-state index contributed by atoms with van der Waals surface area (Å²) in [6.45, 7) is 1.33. The number of halogens is 2. The zero-order chi connectivity index (χ0) is 18.5. The van der Waals surface area contributed by atoms with E-state index in [0.717, 1.165) is 48.4 Å². The second-order valence-electron chi connectivity index (χ2n) is 6.37. The summed E-state index contributed by atoms with van der Waals surface area (Å²) in [4.78, 5) is 15.1. The summed E-state index contributed by atoms with van der Waals surface area (Å²) in [5.41, 5.74) is 0.793. The first-order valence-electron chi connectivity index (χ1n) is 8.71. The fourth-order valence-corrected chi connectivity index (χ4v) is 4.30. The second-order valence-corrected chi connectivity index (χ2v) is 7.52.